The second-order valence-corrected chi connectivity index (χ2v) is 2.80. The van der Waals surface area contributed by atoms with E-state index in [9.17, 15) is 4.79 Å². The molecule has 0 saturated heterocycles. The van der Waals surface area contributed by atoms with E-state index in [1.165, 1.54) is 0 Å². The molecule has 0 fully saturated rings. The van der Waals surface area contributed by atoms with E-state index >= 15 is 0 Å². The Balaban J connectivity index is -0.000000123. The average molecular weight is 313 g/mol. The second-order valence-electron chi connectivity index (χ2n) is 2.40. The molecule has 101 valence electrons. The monoisotopic (exact) mass is 312 g/mol. The number of Topliss-reactive ketones (excluding diaryl/α,β-unsaturated/α-hetero) is 1. The molecule has 0 aliphatic rings. The van der Waals surface area contributed by atoms with Gasteiger partial charge in [-0.2, -0.15) is 12.1 Å². The second kappa shape index (κ2) is 18.0. The van der Waals surface area contributed by atoms with E-state index < -0.39 is 0 Å². The molecule has 0 heterocycles. The zero-order chi connectivity index (χ0) is 14.4. The fraction of sp³-hybridized carbons (Fsp3) is 0.0833. The molecule has 1 aromatic rings. The van der Waals surface area contributed by atoms with Gasteiger partial charge in [-0.3, -0.25) is 0 Å². The number of carbonyl (C=O) groups excluding carboxylic acids is 4. The van der Waals surface area contributed by atoms with E-state index in [2.05, 4.69) is 6.58 Å². The molecule has 1 radical (unpaired) electrons. The molecule has 0 amide bonds. The molecule has 0 N–H and O–H groups in total. The minimum Gasteiger partial charge on any atom is -0.311 e. The predicted molar refractivity (Wildman–Crippen MR) is 67.6 cm³/mol. The van der Waals surface area contributed by atoms with Gasteiger partial charge in [0, 0.05) is 17.1 Å². The average Bonchev–Trinajstić information content (AvgIpc) is 2.82. The van der Waals surface area contributed by atoms with Gasteiger partial charge in [0.25, 0.3) is 0 Å². The van der Waals surface area contributed by atoms with E-state index in [-0.39, 0.29) is 22.9 Å². The summed E-state index contributed by atoms with van der Waals surface area (Å²) >= 11 is 5.72. The fourth-order valence-electron chi connectivity index (χ4n) is 0.812. The molecule has 0 aromatic heterocycles. The number of rotatable bonds is 2. The minimum atomic E-state index is -0.0833. The first-order valence-electron chi connectivity index (χ1n) is 4.11. The maximum absolute atomic E-state index is 11.2. The number of hydrogen-bond acceptors (Lipinski definition) is 4. The van der Waals surface area contributed by atoms with Crippen LogP contribution < -0.4 is 0 Å². The third-order valence-electron chi connectivity index (χ3n) is 1.39. The van der Waals surface area contributed by atoms with Gasteiger partial charge in [-0.1, -0.05) is 18.1 Å². The van der Waals surface area contributed by atoms with Gasteiger partial charge in [0.05, 0.1) is 0 Å². The third-order valence-corrected chi connectivity index (χ3v) is 1.72. The fourth-order valence-corrected chi connectivity index (χ4v) is 1.03. The summed E-state index contributed by atoms with van der Waals surface area (Å²) in [5.41, 5.74) is 1.05. The molecule has 0 aliphatic heterocycles. The molecule has 0 saturated carbocycles. The van der Waals surface area contributed by atoms with Gasteiger partial charge in [-0.15, -0.1) is 24.2 Å². The molecule has 6 heteroatoms. The molecule has 0 aliphatic carbocycles. The smallest absolute Gasteiger partial charge is 0.109 e. The topological polar surface area (TPSA) is 68.3 Å². The minimum absolute atomic E-state index is 0. The Labute approximate surface area is 122 Å². The van der Waals surface area contributed by atoms with Crippen molar-refractivity contribution in [2.24, 2.45) is 0 Å². The van der Waals surface area contributed by atoms with Gasteiger partial charge in [-0.25, -0.2) is 0 Å². The normalized spacial score (nSPS) is 6.56. The first-order chi connectivity index (χ1) is 8.13. The van der Waals surface area contributed by atoms with Gasteiger partial charge in [0.15, 0.2) is 0 Å². The summed E-state index contributed by atoms with van der Waals surface area (Å²) in [6.45, 7) is 11.2. The number of hydrogen-bond donors (Lipinski definition) is 0. The van der Waals surface area contributed by atoms with E-state index in [0.717, 1.165) is 0 Å². The summed E-state index contributed by atoms with van der Waals surface area (Å²) in [5.74, 6) is -0.0833. The molecular weight excluding hydrogens is 299 g/mol. The van der Waals surface area contributed by atoms with Crippen molar-refractivity contribution < 1.29 is 36.2 Å². The van der Waals surface area contributed by atoms with Crippen molar-refractivity contribution in [3.05, 3.63) is 40.9 Å². The van der Waals surface area contributed by atoms with E-state index in [0.29, 0.717) is 16.2 Å². The molecule has 0 spiro atoms. The van der Waals surface area contributed by atoms with Crippen LogP contribution in [0.25, 0.3) is 0 Å². The summed E-state index contributed by atoms with van der Waals surface area (Å²) in [4.78, 5) is 35.2. The van der Waals surface area contributed by atoms with Crippen LogP contribution in [-0.2, 0) is 31.5 Å². The molecule has 18 heavy (non-hydrogen) atoms. The standard InChI is InChI=1S/C9H8ClO.3CH2O.Mn/c1-6(2)9(11)7-4-3-5-8(7)10;3*1-2;/h3-5H,1H2,2H3;3*1H2;/q-1;;;;. The van der Waals surface area contributed by atoms with Gasteiger partial charge in [-0.05, 0) is 5.02 Å². The Kier molecular flexibility index (Phi) is 25.4. The van der Waals surface area contributed by atoms with E-state index in [4.69, 9.17) is 26.0 Å². The maximum Gasteiger partial charge on any atom is 0.109 e. The first-order valence-corrected chi connectivity index (χ1v) is 4.48. The molecule has 1 aromatic carbocycles. The Morgan fingerprint density at radius 3 is 1.78 bits per heavy atom. The quantitative estimate of drug-likeness (QED) is 0.363. The molecule has 4 nitrogen and oxygen atoms in total. The zero-order valence-electron chi connectivity index (χ0n) is 9.95. The SMILES string of the molecule is C=C(C)C(=O)[c-]1cccc1Cl.C=O.C=O.C=O.[Mn]. The maximum atomic E-state index is 11.2. The number of carbonyl (C=O) groups is 4. The zero-order valence-corrected chi connectivity index (χ0v) is 11.9. The number of halogens is 1. The predicted octanol–water partition coefficient (Wildman–Crippen LogP) is 2.26. The van der Waals surface area contributed by atoms with E-state index in [1.54, 1.807) is 25.1 Å². The van der Waals surface area contributed by atoms with Crippen molar-refractivity contribution in [2.45, 2.75) is 6.92 Å². The van der Waals surface area contributed by atoms with Crippen LogP contribution in [0.1, 0.15) is 17.3 Å². The van der Waals surface area contributed by atoms with Gasteiger partial charge < -0.3 is 19.2 Å². The van der Waals surface area contributed by atoms with Crippen LogP contribution >= 0.6 is 11.6 Å². The van der Waals surface area contributed by atoms with Crippen LogP contribution in [0.5, 0.6) is 0 Å². The summed E-state index contributed by atoms with van der Waals surface area (Å²) in [6, 6.07) is 5.13. The van der Waals surface area contributed by atoms with Crippen molar-refractivity contribution >= 4 is 37.8 Å². The van der Waals surface area contributed by atoms with Crippen molar-refractivity contribution in [3.63, 3.8) is 0 Å². The van der Waals surface area contributed by atoms with Crippen LogP contribution in [-0.4, -0.2) is 26.2 Å². The van der Waals surface area contributed by atoms with Crippen molar-refractivity contribution in [2.75, 3.05) is 0 Å². The van der Waals surface area contributed by atoms with Gasteiger partial charge in [0.2, 0.25) is 0 Å². The summed E-state index contributed by atoms with van der Waals surface area (Å²) in [5, 5.41) is 0.498. The largest absolute Gasteiger partial charge is 0.311 e. The molecule has 0 bridgehead atoms. The van der Waals surface area contributed by atoms with Crippen molar-refractivity contribution in [1.82, 2.24) is 0 Å². The van der Waals surface area contributed by atoms with Crippen molar-refractivity contribution in [3.8, 4) is 0 Å². The first kappa shape index (κ1) is 25.4. The molecule has 0 unspecified atom stereocenters. The number of ketones is 1. The Hall–Kier alpha value is -1.42. The molecule has 1 rings (SSSR count). The van der Waals surface area contributed by atoms with Crippen LogP contribution in [0, 0.1) is 0 Å². The van der Waals surface area contributed by atoms with E-state index in [1.807, 2.05) is 20.4 Å². The van der Waals surface area contributed by atoms with Crippen LogP contribution in [0.2, 0.25) is 5.02 Å². The molecular formula is C12H14ClMnO4-. The molecule has 0 atom stereocenters. The van der Waals surface area contributed by atoms with Gasteiger partial charge >= 0.3 is 0 Å². The van der Waals surface area contributed by atoms with Crippen LogP contribution in [0.3, 0.4) is 0 Å². The van der Waals surface area contributed by atoms with Crippen molar-refractivity contribution in [1.29, 1.82) is 0 Å². The third kappa shape index (κ3) is 9.78. The Bertz CT molecular complexity index is 345. The van der Waals surface area contributed by atoms with Crippen LogP contribution in [0.4, 0.5) is 0 Å². The van der Waals surface area contributed by atoms with Crippen LogP contribution in [0.15, 0.2) is 30.4 Å². The Morgan fingerprint density at radius 1 is 1.17 bits per heavy atom. The number of allylic oxidation sites excluding steroid dienone is 1. The summed E-state index contributed by atoms with van der Waals surface area (Å²) in [6.07, 6.45) is 0. The summed E-state index contributed by atoms with van der Waals surface area (Å²) < 4.78 is 0. The Morgan fingerprint density at radius 2 is 1.56 bits per heavy atom. The summed E-state index contributed by atoms with van der Waals surface area (Å²) in [7, 11) is 0. The van der Waals surface area contributed by atoms with Gasteiger partial charge in [0.1, 0.15) is 26.2 Å².